The van der Waals surface area contributed by atoms with Crippen LogP contribution in [0.1, 0.15) is 28.9 Å². The quantitative estimate of drug-likeness (QED) is 0.533. The van der Waals surface area contributed by atoms with Gasteiger partial charge in [0, 0.05) is 50.0 Å². The Balaban J connectivity index is 1.48. The van der Waals surface area contributed by atoms with Crippen LogP contribution < -0.4 is 0 Å². The summed E-state index contributed by atoms with van der Waals surface area (Å²) < 4.78 is 66.0. The first-order valence-corrected chi connectivity index (χ1v) is 10.7. The minimum absolute atomic E-state index is 0.0571. The van der Waals surface area contributed by atoms with E-state index in [0.717, 1.165) is 12.1 Å². The number of pyridine rings is 1. The third kappa shape index (κ3) is 4.16. The molecule has 0 atom stereocenters. The van der Waals surface area contributed by atoms with Gasteiger partial charge in [-0.1, -0.05) is 0 Å². The monoisotopic (exact) mass is 476 g/mol. The minimum atomic E-state index is -4.82. The third-order valence-corrected chi connectivity index (χ3v) is 6.03. The molecule has 0 radical (unpaired) electrons. The van der Waals surface area contributed by atoms with Crippen LogP contribution in [-0.4, -0.2) is 57.7 Å². The van der Waals surface area contributed by atoms with E-state index in [0.29, 0.717) is 56.5 Å². The zero-order valence-corrected chi connectivity index (χ0v) is 17.9. The first-order valence-electron chi connectivity index (χ1n) is 10.7. The van der Waals surface area contributed by atoms with Crippen molar-refractivity contribution in [3.05, 3.63) is 65.9 Å². The Morgan fingerprint density at radius 3 is 2.29 bits per heavy atom. The number of alkyl halides is 3. The normalized spacial score (nSPS) is 17.9. The second-order valence-corrected chi connectivity index (χ2v) is 8.12. The molecule has 1 aromatic carbocycles. The second kappa shape index (κ2) is 8.48. The van der Waals surface area contributed by atoms with Crippen molar-refractivity contribution in [2.45, 2.75) is 24.8 Å². The zero-order chi connectivity index (χ0) is 23.9. The van der Waals surface area contributed by atoms with E-state index in [1.54, 1.807) is 23.1 Å². The van der Waals surface area contributed by atoms with Crippen molar-refractivity contribution in [2.24, 2.45) is 0 Å². The van der Waals surface area contributed by atoms with Gasteiger partial charge in [-0.05, 0) is 30.3 Å². The smallest absolute Gasteiger partial charge is 0.347 e. The van der Waals surface area contributed by atoms with E-state index >= 15 is 0 Å². The maximum absolute atomic E-state index is 14.3. The molecular formula is C23H20F4N4O3. The highest BCUT2D eigenvalue weighted by atomic mass is 19.4. The molecule has 0 saturated carbocycles. The highest BCUT2D eigenvalue weighted by Crippen LogP contribution is 2.34. The fourth-order valence-electron chi connectivity index (χ4n) is 4.27. The number of likely N-dealkylation sites (tertiary alicyclic amines) is 1. The molecule has 1 spiro atoms. The van der Waals surface area contributed by atoms with E-state index in [-0.39, 0.29) is 17.3 Å². The van der Waals surface area contributed by atoms with Crippen molar-refractivity contribution in [3.8, 4) is 16.9 Å². The van der Waals surface area contributed by atoms with E-state index in [1.807, 2.05) is 0 Å². The zero-order valence-electron chi connectivity index (χ0n) is 17.9. The lowest BCUT2D eigenvalue weighted by atomic mass is 10.0. The number of amides is 1. The van der Waals surface area contributed by atoms with Gasteiger partial charge in [0.1, 0.15) is 5.82 Å². The van der Waals surface area contributed by atoms with Crippen molar-refractivity contribution in [3.63, 3.8) is 0 Å². The van der Waals surface area contributed by atoms with Crippen LogP contribution in [-0.2, 0) is 15.7 Å². The summed E-state index contributed by atoms with van der Waals surface area (Å²) in [5.41, 5.74) is -0.185. The number of ether oxygens (including phenoxy) is 2. The predicted octanol–water partition coefficient (Wildman–Crippen LogP) is 4.07. The molecule has 0 unspecified atom stereocenters. The van der Waals surface area contributed by atoms with Gasteiger partial charge >= 0.3 is 6.18 Å². The Kier molecular flexibility index (Phi) is 5.61. The van der Waals surface area contributed by atoms with Gasteiger partial charge in [-0.25, -0.2) is 9.07 Å². The predicted molar refractivity (Wildman–Crippen MR) is 112 cm³/mol. The molecule has 2 saturated heterocycles. The second-order valence-electron chi connectivity index (χ2n) is 8.12. The average molecular weight is 476 g/mol. The van der Waals surface area contributed by atoms with Gasteiger partial charge in [0.15, 0.2) is 11.5 Å². The molecule has 2 aromatic heterocycles. The first-order chi connectivity index (χ1) is 16.3. The molecule has 2 fully saturated rings. The van der Waals surface area contributed by atoms with Gasteiger partial charge in [-0.3, -0.25) is 9.78 Å². The van der Waals surface area contributed by atoms with Gasteiger partial charge in [0.2, 0.25) is 0 Å². The van der Waals surface area contributed by atoms with Crippen LogP contribution in [0.4, 0.5) is 17.6 Å². The number of benzene rings is 1. The number of rotatable bonds is 3. The standard InChI is InChI=1S/C23H20F4N4O3/c24-18-13-16(1-2-17(18)23(25,26)27)31-20(15-3-7-28-8-4-15)14-19(29-31)21(32)30-9-5-22(6-10-30)33-11-12-34-22/h1-4,7-8,13-14H,5-6,9-12H2. The van der Waals surface area contributed by atoms with Crippen LogP contribution >= 0.6 is 0 Å². The summed E-state index contributed by atoms with van der Waals surface area (Å²) in [5, 5.41) is 4.35. The maximum atomic E-state index is 14.3. The Labute approximate surface area is 191 Å². The highest BCUT2D eigenvalue weighted by molar-refractivity contribution is 5.93. The van der Waals surface area contributed by atoms with E-state index in [4.69, 9.17) is 9.47 Å². The van der Waals surface area contributed by atoms with E-state index in [2.05, 4.69) is 10.1 Å². The molecule has 0 bridgehead atoms. The number of carbonyl (C=O) groups is 1. The van der Waals surface area contributed by atoms with E-state index in [1.165, 1.54) is 17.1 Å². The Morgan fingerprint density at radius 2 is 1.68 bits per heavy atom. The summed E-state index contributed by atoms with van der Waals surface area (Å²) in [7, 11) is 0. The Morgan fingerprint density at radius 1 is 1.00 bits per heavy atom. The lowest BCUT2D eigenvalue weighted by Gasteiger charge is -2.37. The number of carbonyl (C=O) groups excluding carboxylic acids is 1. The maximum Gasteiger partial charge on any atom is 0.419 e. The van der Waals surface area contributed by atoms with Crippen molar-refractivity contribution >= 4 is 5.91 Å². The van der Waals surface area contributed by atoms with Crippen LogP contribution in [0.2, 0.25) is 0 Å². The van der Waals surface area contributed by atoms with Crippen LogP contribution in [0.5, 0.6) is 0 Å². The fraction of sp³-hybridized carbons (Fsp3) is 0.348. The van der Waals surface area contributed by atoms with E-state index in [9.17, 15) is 22.4 Å². The largest absolute Gasteiger partial charge is 0.419 e. The molecule has 5 rings (SSSR count). The van der Waals surface area contributed by atoms with Crippen molar-refractivity contribution in [1.82, 2.24) is 19.7 Å². The number of halogens is 4. The molecule has 11 heteroatoms. The van der Waals surface area contributed by atoms with Gasteiger partial charge in [0.05, 0.1) is 30.2 Å². The van der Waals surface area contributed by atoms with Crippen LogP contribution in [0.15, 0.2) is 48.8 Å². The minimum Gasteiger partial charge on any atom is -0.347 e. The molecule has 178 valence electrons. The molecule has 1 amide bonds. The van der Waals surface area contributed by atoms with Gasteiger partial charge in [-0.15, -0.1) is 0 Å². The van der Waals surface area contributed by atoms with Gasteiger partial charge < -0.3 is 14.4 Å². The average Bonchev–Trinajstić information content (AvgIpc) is 3.47. The van der Waals surface area contributed by atoms with Gasteiger partial charge in [-0.2, -0.15) is 18.3 Å². The SMILES string of the molecule is O=C(c1cc(-c2ccncc2)n(-c2ccc(C(F)(F)F)c(F)c2)n1)N1CCC2(CC1)OCCO2. The van der Waals surface area contributed by atoms with Crippen molar-refractivity contribution in [1.29, 1.82) is 0 Å². The molecule has 7 nitrogen and oxygen atoms in total. The molecule has 34 heavy (non-hydrogen) atoms. The molecule has 3 aromatic rings. The lowest BCUT2D eigenvalue weighted by Crippen LogP contribution is -2.47. The third-order valence-electron chi connectivity index (χ3n) is 6.03. The lowest BCUT2D eigenvalue weighted by molar-refractivity contribution is -0.181. The molecule has 2 aliphatic rings. The number of nitrogens with zero attached hydrogens (tertiary/aromatic N) is 4. The van der Waals surface area contributed by atoms with Gasteiger partial charge in [0.25, 0.3) is 5.91 Å². The van der Waals surface area contributed by atoms with Crippen LogP contribution in [0.3, 0.4) is 0 Å². The molecule has 0 aliphatic carbocycles. The molecule has 2 aliphatic heterocycles. The summed E-state index contributed by atoms with van der Waals surface area (Å²) in [6.45, 7) is 1.87. The topological polar surface area (TPSA) is 69.5 Å². The Bertz CT molecular complexity index is 1200. The summed E-state index contributed by atoms with van der Waals surface area (Å²) in [6, 6.07) is 7.42. The number of piperidine rings is 1. The van der Waals surface area contributed by atoms with Crippen molar-refractivity contribution < 1.29 is 31.8 Å². The number of aromatic nitrogens is 3. The fourth-order valence-corrected chi connectivity index (χ4v) is 4.27. The summed E-state index contributed by atoms with van der Waals surface area (Å²) >= 11 is 0. The summed E-state index contributed by atoms with van der Waals surface area (Å²) in [4.78, 5) is 18.8. The highest BCUT2D eigenvalue weighted by Gasteiger charge is 2.41. The van der Waals surface area contributed by atoms with Crippen LogP contribution in [0, 0.1) is 5.82 Å². The first kappa shape index (κ1) is 22.5. The summed E-state index contributed by atoms with van der Waals surface area (Å²) in [6.07, 6.45) is -0.692. The Hall–Kier alpha value is -3.31. The molecular weight excluding hydrogens is 456 g/mol. The molecule has 4 heterocycles. The van der Waals surface area contributed by atoms with E-state index < -0.39 is 23.3 Å². The van der Waals surface area contributed by atoms with Crippen LogP contribution in [0.25, 0.3) is 16.9 Å². The van der Waals surface area contributed by atoms with Crippen molar-refractivity contribution in [2.75, 3.05) is 26.3 Å². The number of hydrogen-bond donors (Lipinski definition) is 0. The molecule has 0 N–H and O–H groups in total. The summed E-state index contributed by atoms with van der Waals surface area (Å²) in [5.74, 6) is -2.41. The number of hydrogen-bond acceptors (Lipinski definition) is 5.